The van der Waals surface area contributed by atoms with Crippen LogP contribution in [0.25, 0.3) is 0 Å². The van der Waals surface area contributed by atoms with Crippen LogP contribution in [0, 0.1) is 5.82 Å². The van der Waals surface area contributed by atoms with Crippen LogP contribution in [0.4, 0.5) is 4.39 Å². The monoisotopic (exact) mass is 299 g/mol. The number of thioether (sulfide) groups is 1. The summed E-state index contributed by atoms with van der Waals surface area (Å²) in [6.45, 7) is 6.20. The lowest BCUT2D eigenvalue weighted by Crippen LogP contribution is -2.21. The first-order valence-corrected chi connectivity index (χ1v) is 7.22. The second-order valence-corrected chi connectivity index (χ2v) is 6.49. The summed E-state index contributed by atoms with van der Waals surface area (Å²) in [5, 5.41) is 9.17. The van der Waals surface area contributed by atoms with Crippen molar-refractivity contribution in [1.29, 1.82) is 0 Å². The molecule has 1 aromatic carbocycles. The van der Waals surface area contributed by atoms with Crippen LogP contribution < -0.4 is 0 Å². The highest BCUT2D eigenvalue weighted by molar-refractivity contribution is 7.98. The third-order valence-electron chi connectivity index (χ3n) is 2.65. The van der Waals surface area contributed by atoms with Gasteiger partial charge in [-0.05, 0) is 32.9 Å². The molecule has 0 unspecified atom stereocenters. The van der Waals surface area contributed by atoms with E-state index in [9.17, 15) is 4.39 Å². The topological polar surface area (TPSA) is 30.7 Å². The van der Waals surface area contributed by atoms with Gasteiger partial charge in [-0.1, -0.05) is 29.4 Å². The molecule has 19 heavy (non-hydrogen) atoms. The number of hydrogen-bond donors (Lipinski definition) is 0. The lowest BCUT2D eigenvalue weighted by molar-refractivity contribution is 0.367. The number of rotatable bonds is 3. The maximum Gasteiger partial charge on any atom is 0.191 e. The molecule has 0 radical (unpaired) electrons. The lowest BCUT2D eigenvalue weighted by atomic mass is 10.1. The van der Waals surface area contributed by atoms with Gasteiger partial charge >= 0.3 is 0 Å². The Balaban J connectivity index is 2.18. The molecule has 102 valence electrons. The van der Waals surface area contributed by atoms with E-state index in [-0.39, 0.29) is 11.4 Å². The summed E-state index contributed by atoms with van der Waals surface area (Å²) >= 11 is 7.43. The van der Waals surface area contributed by atoms with E-state index < -0.39 is 0 Å². The van der Waals surface area contributed by atoms with Gasteiger partial charge in [-0.25, -0.2) is 4.39 Å². The zero-order valence-corrected chi connectivity index (χ0v) is 12.6. The van der Waals surface area contributed by atoms with Crippen molar-refractivity contribution in [2.24, 2.45) is 0 Å². The largest absolute Gasteiger partial charge is 0.303 e. The molecular formula is C13H15ClFN3S. The Kier molecular flexibility index (Phi) is 4.16. The highest BCUT2D eigenvalue weighted by atomic mass is 35.5. The zero-order chi connectivity index (χ0) is 14.0. The molecule has 0 saturated carbocycles. The van der Waals surface area contributed by atoms with E-state index >= 15 is 0 Å². The van der Waals surface area contributed by atoms with Crippen LogP contribution in [0.1, 0.15) is 26.3 Å². The van der Waals surface area contributed by atoms with E-state index in [1.54, 1.807) is 18.5 Å². The fourth-order valence-electron chi connectivity index (χ4n) is 1.59. The van der Waals surface area contributed by atoms with Crippen molar-refractivity contribution in [3.05, 3.63) is 40.9 Å². The van der Waals surface area contributed by atoms with Gasteiger partial charge in [-0.15, -0.1) is 10.2 Å². The highest BCUT2D eigenvalue weighted by Gasteiger charge is 2.18. The Morgan fingerprint density at radius 1 is 1.37 bits per heavy atom. The third kappa shape index (κ3) is 3.28. The molecule has 0 aliphatic carbocycles. The second kappa shape index (κ2) is 5.51. The van der Waals surface area contributed by atoms with Crippen molar-refractivity contribution in [2.45, 2.75) is 37.2 Å². The zero-order valence-electron chi connectivity index (χ0n) is 11.0. The molecule has 0 fully saturated rings. The maximum atomic E-state index is 13.7. The summed E-state index contributed by atoms with van der Waals surface area (Å²) in [6.07, 6.45) is 1.69. The Hall–Kier alpha value is -1.07. The lowest BCUT2D eigenvalue weighted by Gasteiger charge is -2.21. The molecule has 2 aromatic rings. The van der Waals surface area contributed by atoms with Crippen LogP contribution >= 0.6 is 23.4 Å². The van der Waals surface area contributed by atoms with Crippen LogP contribution in [0.15, 0.2) is 29.7 Å². The van der Waals surface area contributed by atoms with Gasteiger partial charge in [0.25, 0.3) is 0 Å². The fourth-order valence-corrected chi connectivity index (χ4v) is 3.03. The molecule has 0 aliphatic rings. The molecule has 1 heterocycles. The summed E-state index contributed by atoms with van der Waals surface area (Å²) in [7, 11) is 0. The van der Waals surface area contributed by atoms with Crippen LogP contribution in [0.5, 0.6) is 0 Å². The van der Waals surface area contributed by atoms with Crippen molar-refractivity contribution >= 4 is 23.4 Å². The summed E-state index contributed by atoms with van der Waals surface area (Å²) in [4.78, 5) is 0. The molecule has 0 saturated heterocycles. The fraction of sp³-hybridized carbons (Fsp3) is 0.385. The average molecular weight is 300 g/mol. The van der Waals surface area contributed by atoms with Crippen molar-refractivity contribution < 1.29 is 4.39 Å². The van der Waals surface area contributed by atoms with Crippen molar-refractivity contribution in [1.82, 2.24) is 14.8 Å². The summed E-state index contributed by atoms with van der Waals surface area (Å²) in [5.74, 6) is 0.141. The summed E-state index contributed by atoms with van der Waals surface area (Å²) < 4.78 is 15.6. The van der Waals surface area contributed by atoms with Crippen LogP contribution in [0.2, 0.25) is 5.02 Å². The first-order valence-electron chi connectivity index (χ1n) is 5.86. The first kappa shape index (κ1) is 14.3. The molecule has 3 nitrogen and oxygen atoms in total. The number of benzene rings is 1. The Labute approximate surface area is 121 Å². The average Bonchev–Trinajstić information content (AvgIpc) is 2.76. The highest BCUT2D eigenvalue weighted by Crippen LogP contribution is 2.29. The van der Waals surface area contributed by atoms with E-state index in [0.717, 1.165) is 5.16 Å². The van der Waals surface area contributed by atoms with Gasteiger partial charge in [0.15, 0.2) is 5.16 Å². The number of aromatic nitrogens is 3. The maximum absolute atomic E-state index is 13.7. The molecule has 0 aliphatic heterocycles. The van der Waals surface area contributed by atoms with Crippen molar-refractivity contribution in [3.8, 4) is 0 Å². The van der Waals surface area contributed by atoms with E-state index in [1.165, 1.54) is 17.8 Å². The van der Waals surface area contributed by atoms with Gasteiger partial charge in [0.05, 0.1) is 0 Å². The quantitative estimate of drug-likeness (QED) is 0.799. The summed E-state index contributed by atoms with van der Waals surface area (Å²) in [6, 6.07) is 4.70. The van der Waals surface area contributed by atoms with Gasteiger partial charge < -0.3 is 4.57 Å². The number of nitrogens with zero attached hydrogens (tertiary/aromatic N) is 3. The number of halogens is 2. The Bertz CT molecular complexity index is 557. The molecule has 1 aromatic heterocycles. The van der Waals surface area contributed by atoms with Crippen LogP contribution in [-0.2, 0) is 11.3 Å². The first-order chi connectivity index (χ1) is 8.89. The summed E-state index contributed by atoms with van der Waals surface area (Å²) in [5.41, 5.74) is 0.392. The molecule has 6 heteroatoms. The minimum absolute atomic E-state index is 0.106. The van der Waals surface area contributed by atoms with Gasteiger partial charge in [0, 0.05) is 21.9 Å². The molecular weight excluding hydrogens is 285 g/mol. The molecule has 0 atom stereocenters. The van der Waals surface area contributed by atoms with E-state index in [2.05, 4.69) is 31.0 Å². The second-order valence-electron chi connectivity index (χ2n) is 5.14. The van der Waals surface area contributed by atoms with Crippen molar-refractivity contribution in [3.63, 3.8) is 0 Å². The predicted molar refractivity (Wildman–Crippen MR) is 76.0 cm³/mol. The molecule has 0 N–H and O–H groups in total. The number of hydrogen-bond acceptors (Lipinski definition) is 3. The molecule has 2 rings (SSSR count). The van der Waals surface area contributed by atoms with Crippen molar-refractivity contribution in [2.75, 3.05) is 0 Å². The normalized spacial score (nSPS) is 11.8. The predicted octanol–water partition coefficient (Wildman–Crippen LogP) is 4.12. The molecule has 0 amide bonds. The van der Waals surface area contributed by atoms with E-state index in [4.69, 9.17) is 11.6 Å². The van der Waals surface area contributed by atoms with E-state index in [0.29, 0.717) is 16.3 Å². The Morgan fingerprint density at radius 3 is 2.74 bits per heavy atom. The van der Waals surface area contributed by atoms with Gasteiger partial charge in [-0.3, -0.25) is 0 Å². The SMILES string of the molecule is CC(C)(C)n1cnnc1SCc1c(F)cccc1Cl. The van der Waals surface area contributed by atoms with Gasteiger partial charge in [0.2, 0.25) is 0 Å². The molecule has 0 spiro atoms. The standard InChI is InChI=1S/C13H15ClFN3S/c1-13(2,3)18-8-16-17-12(18)19-7-9-10(14)5-4-6-11(9)15/h4-6,8H,7H2,1-3H3. The van der Waals surface area contributed by atoms with E-state index in [1.807, 2.05) is 4.57 Å². The Morgan fingerprint density at radius 2 is 2.11 bits per heavy atom. The van der Waals surface area contributed by atoms with Gasteiger partial charge in [0.1, 0.15) is 12.1 Å². The smallest absolute Gasteiger partial charge is 0.191 e. The third-order valence-corrected chi connectivity index (χ3v) is 3.97. The van der Waals surface area contributed by atoms with Gasteiger partial charge in [-0.2, -0.15) is 0 Å². The minimum atomic E-state index is -0.290. The molecule has 0 bridgehead atoms. The minimum Gasteiger partial charge on any atom is -0.303 e. The van der Waals surface area contributed by atoms with Crippen LogP contribution in [0.3, 0.4) is 0 Å². The van der Waals surface area contributed by atoms with Crippen LogP contribution in [-0.4, -0.2) is 14.8 Å².